The van der Waals surface area contributed by atoms with Crippen molar-refractivity contribution in [3.05, 3.63) is 81.0 Å². The fourth-order valence-corrected chi connectivity index (χ4v) is 3.17. The highest BCUT2D eigenvalue weighted by Crippen LogP contribution is 2.29. The van der Waals surface area contributed by atoms with Gasteiger partial charge in [-0.2, -0.15) is 0 Å². The lowest BCUT2D eigenvalue weighted by molar-refractivity contribution is 0.495. The molecule has 0 aliphatic heterocycles. The summed E-state index contributed by atoms with van der Waals surface area (Å²) in [5.74, 6) is 1.64. The Morgan fingerprint density at radius 2 is 1.68 bits per heavy atom. The number of nitrogens with one attached hydrogen (secondary N) is 1. The lowest BCUT2D eigenvalue weighted by Gasteiger charge is -2.06. The van der Waals surface area contributed by atoms with Crippen LogP contribution in [0.15, 0.2) is 59.0 Å². The van der Waals surface area contributed by atoms with Gasteiger partial charge in [0.15, 0.2) is 0 Å². The lowest BCUT2D eigenvalue weighted by Crippen LogP contribution is -2.16. The second kappa shape index (κ2) is 9.51. The van der Waals surface area contributed by atoms with Gasteiger partial charge in [-0.05, 0) is 54.9 Å². The molecule has 0 aliphatic carbocycles. The first-order valence-electron chi connectivity index (χ1n) is 7.62. The molecule has 0 spiro atoms. The SMILES string of the molecule is Cl.Clc1ccc(CCNCc2ccc(-c3ccccc3Cl)o2)c(Cl)c1. The maximum Gasteiger partial charge on any atom is 0.135 e. The van der Waals surface area contributed by atoms with Gasteiger partial charge in [0, 0.05) is 15.6 Å². The first-order chi connectivity index (χ1) is 11.6. The zero-order valence-electron chi connectivity index (χ0n) is 13.3. The standard InChI is InChI=1S/C19H16Cl3NO.ClH/c20-14-6-5-13(18(22)11-14)9-10-23-12-15-7-8-19(24-15)16-3-1-2-4-17(16)21;/h1-8,11,23H,9-10,12H2;1H. The molecule has 2 aromatic carbocycles. The molecule has 0 saturated carbocycles. The Morgan fingerprint density at radius 1 is 0.880 bits per heavy atom. The van der Waals surface area contributed by atoms with Crippen LogP contribution in [0.1, 0.15) is 11.3 Å². The third kappa shape index (κ3) is 5.40. The zero-order valence-corrected chi connectivity index (χ0v) is 16.4. The van der Waals surface area contributed by atoms with E-state index < -0.39 is 0 Å². The van der Waals surface area contributed by atoms with Crippen molar-refractivity contribution in [2.24, 2.45) is 0 Å². The van der Waals surface area contributed by atoms with Crippen LogP contribution in [-0.4, -0.2) is 6.54 Å². The summed E-state index contributed by atoms with van der Waals surface area (Å²) in [4.78, 5) is 0. The van der Waals surface area contributed by atoms with E-state index in [1.54, 1.807) is 6.07 Å². The molecule has 6 heteroatoms. The summed E-state index contributed by atoms with van der Waals surface area (Å²) in [6.07, 6.45) is 0.827. The molecule has 0 fully saturated rings. The normalized spacial score (nSPS) is 10.5. The Labute approximate surface area is 168 Å². The van der Waals surface area contributed by atoms with Crippen molar-refractivity contribution < 1.29 is 4.42 Å². The Hall–Kier alpha value is -1.16. The Balaban J connectivity index is 0.00000225. The van der Waals surface area contributed by atoms with Crippen molar-refractivity contribution >= 4 is 47.2 Å². The molecule has 0 unspecified atom stereocenters. The minimum atomic E-state index is 0. The second-order valence-corrected chi connectivity index (χ2v) is 6.66. The van der Waals surface area contributed by atoms with Crippen LogP contribution in [0.25, 0.3) is 11.3 Å². The predicted octanol–water partition coefficient (Wildman–Crippen LogP) is 6.66. The highest BCUT2D eigenvalue weighted by molar-refractivity contribution is 6.35. The van der Waals surface area contributed by atoms with Crippen LogP contribution >= 0.6 is 47.2 Å². The summed E-state index contributed by atoms with van der Waals surface area (Å²) < 4.78 is 5.85. The van der Waals surface area contributed by atoms with Crippen molar-refractivity contribution in [1.29, 1.82) is 0 Å². The van der Waals surface area contributed by atoms with Crippen LogP contribution in [0.3, 0.4) is 0 Å². The average Bonchev–Trinajstić information content (AvgIpc) is 3.02. The average molecular weight is 417 g/mol. The number of hydrogen-bond acceptors (Lipinski definition) is 2. The molecule has 2 nitrogen and oxygen atoms in total. The number of furan rings is 1. The van der Waals surface area contributed by atoms with Crippen LogP contribution in [0.4, 0.5) is 0 Å². The Morgan fingerprint density at radius 3 is 2.44 bits per heavy atom. The van der Waals surface area contributed by atoms with Gasteiger partial charge in [-0.1, -0.05) is 53.0 Å². The number of halogens is 4. The molecule has 3 rings (SSSR count). The molecule has 0 bridgehead atoms. The molecule has 0 amide bonds. The first-order valence-corrected chi connectivity index (χ1v) is 8.75. The lowest BCUT2D eigenvalue weighted by atomic mass is 10.1. The van der Waals surface area contributed by atoms with Crippen LogP contribution in [0.5, 0.6) is 0 Å². The van der Waals surface area contributed by atoms with Gasteiger partial charge in [-0.15, -0.1) is 12.4 Å². The molecule has 0 atom stereocenters. The fourth-order valence-electron chi connectivity index (χ4n) is 2.44. The van der Waals surface area contributed by atoms with Gasteiger partial charge in [-0.25, -0.2) is 0 Å². The van der Waals surface area contributed by atoms with Crippen molar-refractivity contribution in [3.8, 4) is 11.3 Å². The van der Waals surface area contributed by atoms with Gasteiger partial charge in [0.05, 0.1) is 11.6 Å². The zero-order chi connectivity index (χ0) is 16.9. The van der Waals surface area contributed by atoms with Crippen LogP contribution in [0, 0.1) is 0 Å². The highest BCUT2D eigenvalue weighted by atomic mass is 35.5. The topological polar surface area (TPSA) is 25.2 Å². The molecule has 0 saturated heterocycles. The molecule has 1 aromatic heterocycles. The maximum atomic E-state index is 6.19. The quantitative estimate of drug-likeness (QED) is 0.454. The van der Waals surface area contributed by atoms with E-state index in [1.807, 2.05) is 48.5 Å². The van der Waals surface area contributed by atoms with Gasteiger partial charge in [0.2, 0.25) is 0 Å². The van der Waals surface area contributed by atoms with Crippen molar-refractivity contribution in [1.82, 2.24) is 5.32 Å². The Kier molecular flexibility index (Phi) is 7.67. The van der Waals surface area contributed by atoms with E-state index in [9.17, 15) is 0 Å². The molecule has 25 heavy (non-hydrogen) atoms. The number of rotatable bonds is 6. The molecule has 0 aliphatic rings. The summed E-state index contributed by atoms with van der Waals surface area (Å²) in [6, 6.07) is 17.1. The molecule has 1 heterocycles. The molecular formula is C19H17Cl4NO. The summed E-state index contributed by atoms with van der Waals surface area (Å²) >= 11 is 18.3. The molecule has 1 N–H and O–H groups in total. The van der Waals surface area contributed by atoms with Gasteiger partial charge < -0.3 is 9.73 Å². The minimum absolute atomic E-state index is 0. The van der Waals surface area contributed by atoms with Crippen molar-refractivity contribution in [2.45, 2.75) is 13.0 Å². The molecular weight excluding hydrogens is 400 g/mol. The largest absolute Gasteiger partial charge is 0.460 e. The Bertz CT molecular complexity index is 832. The van der Waals surface area contributed by atoms with E-state index >= 15 is 0 Å². The molecule has 132 valence electrons. The third-order valence-electron chi connectivity index (χ3n) is 3.69. The van der Waals surface area contributed by atoms with E-state index in [1.165, 1.54) is 0 Å². The van der Waals surface area contributed by atoms with Gasteiger partial charge in [-0.3, -0.25) is 0 Å². The van der Waals surface area contributed by atoms with E-state index in [4.69, 9.17) is 39.2 Å². The van der Waals surface area contributed by atoms with E-state index in [0.29, 0.717) is 21.6 Å². The summed E-state index contributed by atoms with van der Waals surface area (Å²) in [5.41, 5.74) is 1.98. The minimum Gasteiger partial charge on any atom is -0.460 e. The maximum absolute atomic E-state index is 6.19. The molecule has 0 radical (unpaired) electrons. The van der Waals surface area contributed by atoms with Crippen LogP contribution in [-0.2, 0) is 13.0 Å². The number of hydrogen-bond donors (Lipinski definition) is 1. The fraction of sp³-hybridized carbons (Fsp3) is 0.158. The van der Waals surface area contributed by atoms with Gasteiger partial charge in [0.25, 0.3) is 0 Å². The first kappa shape index (κ1) is 20.2. The van der Waals surface area contributed by atoms with Crippen LogP contribution in [0.2, 0.25) is 15.1 Å². The van der Waals surface area contributed by atoms with E-state index in [2.05, 4.69) is 5.32 Å². The third-order valence-corrected chi connectivity index (χ3v) is 4.60. The monoisotopic (exact) mass is 415 g/mol. The van der Waals surface area contributed by atoms with E-state index in [0.717, 1.165) is 35.6 Å². The smallest absolute Gasteiger partial charge is 0.135 e. The van der Waals surface area contributed by atoms with Crippen LogP contribution < -0.4 is 5.32 Å². The highest BCUT2D eigenvalue weighted by Gasteiger charge is 2.08. The number of benzene rings is 2. The van der Waals surface area contributed by atoms with Crippen molar-refractivity contribution in [3.63, 3.8) is 0 Å². The van der Waals surface area contributed by atoms with Crippen molar-refractivity contribution in [2.75, 3.05) is 6.54 Å². The summed E-state index contributed by atoms with van der Waals surface area (Å²) in [7, 11) is 0. The molecule has 3 aromatic rings. The second-order valence-electron chi connectivity index (χ2n) is 5.41. The van der Waals surface area contributed by atoms with Gasteiger partial charge in [0.1, 0.15) is 11.5 Å². The summed E-state index contributed by atoms with van der Waals surface area (Å²) in [5, 5.41) is 5.39. The summed E-state index contributed by atoms with van der Waals surface area (Å²) in [6.45, 7) is 1.44. The predicted molar refractivity (Wildman–Crippen MR) is 108 cm³/mol. The van der Waals surface area contributed by atoms with Gasteiger partial charge >= 0.3 is 0 Å². The van der Waals surface area contributed by atoms with E-state index in [-0.39, 0.29) is 12.4 Å².